The van der Waals surface area contributed by atoms with Crippen LogP contribution in [-0.4, -0.2) is 42.1 Å². The van der Waals surface area contributed by atoms with Gasteiger partial charge in [-0.25, -0.2) is 8.42 Å². The van der Waals surface area contributed by atoms with Crippen molar-refractivity contribution in [1.29, 1.82) is 0 Å². The predicted octanol–water partition coefficient (Wildman–Crippen LogP) is 6.50. The van der Waals surface area contributed by atoms with Gasteiger partial charge in [-0.2, -0.15) is 0 Å². The van der Waals surface area contributed by atoms with Gasteiger partial charge >= 0.3 is 0 Å². The third kappa shape index (κ3) is 9.36. The van der Waals surface area contributed by atoms with E-state index in [1.165, 1.54) is 0 Å². The molecule has 5 N–H and O–H groups in total. The first-order valence-electron chi connectivity index (χ1n) is 15.5. The summed E-state index contributed by atoms with van der Waals surface area (Å²) >= 11 is 0. The van der Waals surface area contributed by atoms with Crippen LogP contribution < -0.4 is 14.8 Å². The Morgan fingerprint density at radius 3 is 1.79 bits per heavy atom. The molecule has 5 aromatic rings. The quantitative estimate of drug-likeness (QED) is 0.0873. The second-order valence-corrected chi connectivity index (χ2v) is 13.4. The van der Waals surface area contributed by atoms with Gasteiger partial charge in [-0.05, 0) is 77.6 Å². The van der Waals surface area contributed by atoms with Gasteiger partial charge in [0, 0.05) is 18.5 Å². The van der Waals surface area contributed by atoms with E-state index in [1.54, 1.807) is 49.4 Å². The van der Waals surface area contributed by atoms with Gasteiger partial charge in [0.25, 0.3) is 0 Å². The standard InChI is InChI=1S/C38H40N2O6S/c1-2-47(44,45)40-34-24-31(17-22-37(34)46-26-28-11-7-4-8-12-28)36(43)25-39-35(23-27-9-5-3-6-10-27)38(29-13-18-32(41)19-14-29)30-15-20-33(42)21-16-30/h3-22,24,35-36,38-43H,2,23,25-26H2,1H3/t35?,36-/m0/s1. The fraction of sp³-hybridized carbons (Fsp3) is 0.211. The molecule has 0 saturated heterocycles. The summed E-state index contributed by atoms with van der Waals surface area (Å²) in [5, 5.41) is 35.1. The summed E-state index contributed by atoms with van der Waals surface area (Å²) in [6, 6.07) is 38.5. The van der Waals surface area contributed by atoms with Crippen LogP contribution in [0.15, 0.2) is 127 Å². The Labute approximate surface area is 276 Å². The molecule has 0 saturated carbocycles. The molecular formula is C38H40N2O6S. The average Bonchev–Trinajstić information content (AvgIpc) is 3.09. The number of nitrogens with one attached hydrogen (secondary N) is 2. The SMILES string of the molecule is CCS(=O)(=O)Nc1cc([C@@H](O)CNC(Cc2ccccc2)C(c2ccc(O)cc2)c2ccc(O)cc2)ccc1OCc1ccccc1. The first-order chi connectivity index (χ1) is 22.7. The molecule has 47 heavy (non-hydrogen) atoms. The molecule has 9 heteroatoms. The molecular weight excluding hydrogens is 612 g/mol. The van der Waals surface area contributed by atoms with Crippen molar-refractivity contribution in [2.75, 3.05) is 17.0 Å². The lowest BCUT2D eigenvalue weighted by molar-refractivity contribution is 0.168. The maximum Gasteiger partial charge on any atom is 0.232 e. The number of aliphatic hydroxyl groups is 1. The summed E-state index contributed by atoms with van der Waals surface area (Å²) < 4.78 is 33.8. The highest BCUT2D eigenvalue weighted by Gasteiger charge is 2.27. The number of phenolic OH excluding ortho intramolecular Hbond substituents is 2. The zero-order valence-corrected chi connectivity index (χ0v) is 27.0. The highest BCUT2D eigenvalue weighted by atomic mass is 32.2. The van der Waals surface area contributed by atoms with Gasteiger partial charge < -0.3 is 25.4 Å². The van der Waals surface area contributed by atoms with Gasteiger partial charge in [-0.3, -0.25) is 4.72 Å². The fourth-order valence-electron chi connectivity index (χ4n) is 5.51. The maximum absolute atomic E-state index is 12.6. The Kier molecular flexibility index (Phi) is 11.2. The highest BCUT2D eigenvalue weighted by molar-refractivity contribution is 7.92. The number of hydrogen-bond acceptors (Lipinski definition) is 7. The number of anilines is 1. The minimum Gasteiger partial charge on any atom is -0.508 e. The van der Waals surface area contributed by atoms with E-state index < -0.39 is 16.1 Å². The van der Waals surface area contributed by atoms with Crippen molar-refractivity contribution in [3.8, 4) is 17.2 Å². The van der Waals surface area contributed by atoms with Gasteiger partial charge in [-0.15, -0.1) is 0 Å². The molecule has 0 fully saturated rings. The molecule has 0 aliphatic heterocycles. The van der Waals surface area contributed by atoms with Gasteiger partial charge in [0.1, 0.15) is 23.9 Å². The number of rotatable bonds is 15. The first-order valence-corrected chi connectivity index (χ1v) is 17.2. The molecule has 0 radical (unpaired) electrons. The maximum atomic E-state index is 12.6. The van der Waals surface area contributed by atoms with Gasteiger partial charge in [-0.1, -0.05) is 91.0 Å². The van der Waals surface area contributed by atoms with Gasteiger partial charge in [0.05, 0.1) is 17.5 Å². The Balaban J connectivity index is 1.43. The molecule has 0 heterocycles. The Hall–Kier alpha value is -4.83. The van der Waals surface area contributed by atoms with Crippen LogP contribution in [0.5, 0.6) is 17.2 Å². The van der Waals surface area contributed by atoms with Crippen molar-refractivity contribution in [1.82, 2.24) is 5.32 Å². The molecule has 5 rings (SSSR count). The van der Waals surface area contributed by atoms with Crippen molar-refractivity contribution in [2.45, 2.75) is 38.0 Å². The fourth-order valence-corrected chi connectivity index (χ4v) is 6.15. The molecule has 0 aliphatic carbocycles. The number of hydrogen-bond donors (Lipinski definition) is 5. The molecule has 0 spiro atoms. The molecule has 0 aromatic heterocycles. The van der Waals surface area contributed by atoms with E-state index in [9.17, 15) is 23.7 Å². The van der Waals surface area contributed by atoms with Crippen LogP contribution in [0.3, 0.4) is 0 Å². The normalized spacial score (nSPS) is 12.8. The van der Waals surface area contributed by atoms with Crippen LogP contribution in [0.4, 0.5) is 5.69 Å². The van der Waals surface area contributed by atoms with E-state index >= 15 is 0 Å². The average molecular weight is 653 g/mol. The molecule has 0 bridgehead atoms. The molecule has 244 valence electrons. The third-order valence-corrected chi connectivity index (χ3v) is 9.34. The van der Waals surface area contributed by atoms with Gasteiger partial charge in [0.15, 0.2) is 0 Å². The summed E-state index contributed by atoms with van der Waals surface area (Å²) in [6.07, 6.45) is -0.366. The number of phenols is 2. The Bertz CT molecular complexity index is 1770. The molecule has 1 unspecified atom stereocenters. The van der Waals surface area contributed by atoms with E-state index in [0.717, 1.165) is 22.3 Å². The summed E-state index contributed by atoms with van der Waals surface area (Å²) in [5.74, 6) is 0.357. The van der Waals surface area contributed by atoms with Crippen molar-refractivity contribution in [3.63, 3.8) is 0 Å². The zero-order chi connectivity index (χ0) is 33.2. The topological polar surface area (TPSA) is 128 Å². The van der Waals surface area contributed by atoms with Crippen molar-refractivity contribution >= 4 is 15.7 Å². The third-order valence-electron chi connectivity index (χ3n) is 8.05. The number of aliphatic hydroxyl groups excluding tert-OH is 1. The Morgan fingerprint density at radius 2 is 1.23 bits per heavy atom. The van der Waals surface area contributed by atoms with Crippen LogP contribution >= 0.6 is 0 Å². The largest absolute Gasteiger partial charge is 0.508 e. The second kappa shape index (κ2) is 15.6. The molecule has 8 nitrogen and oxygen atoms in total. The highest BCUT2D eigenvalue weighted by Crippen LogP contribution is 2.34. The van der Waals surface area contributed by atoms with Crippen LogP contribution in [0.25, 0.3) is 0 Å². The zero-order valence-electron chi connectivity index (χ0n) is 26.2. The number of ether oxygens (including phenoxy) is 1. The van der Waals surface area contributed by atoms with Crippen LogP contribution in [0, 0.1) is 0 Å². The Morgan fingerprint density at radius 1 is 0.702 bits per heavy atom. The van der Waals surface area contributed by atoms with Crippen molar-refractivity contribution in [2.24, 2.45) is 0 Å². The minimum atomic E-state index is -3.62. The van der Waals surface area contributed by atoms with Crippen molar-refractivity contribution < 1.29 is 28.5 Å². The monoisotopic (exact) mass is 652 g/mol. The van der Waals surface area contributed by atoms with E-state index in [-0.39, 0.29) is 48.1 Å². The molecule has 5 aromatic carbocycles. The molecule has 0 amide bonds. The number of sulfonamides is 1. The van der Waals surface area contributed by atoms with Crippen LogP contribution in [0.1, 0.15) is 46.8 Å². The van der Waals surface area contributed by atoms with E-state index in [2.05, 4.69) is 22.2 Å². The summed E-state index contributed by atoms with van der Waals surface area (Å²) in [4.78, 5) is 0. The summed E-state index contributed by atoms with van der Waals surface area (Å²) in [7, 11) is -3.62. The van der Waals surface area contributed by atoms with E-state index in [1.807, 2.05) is 72.8 Å². The summed E-state index contributed by atoms with van der Waals surface area (Å²) in [5.41, 5.74) is 4.71. The second-order valence-electron chi connectivity index (χ2n) is 11.4. The van der Waals surface area contributed by atoms with Crippen LogP contribution in [0.2, 0.25) is 0 Å². The number of aromatic hydroxyl groups is 2. The summed E-state index contributed by atoms with van der Waals surface area (Å²) in [6.45, 7) is 1.97. The van der Waals surface area contributed by atoms with Gasteiger partial charge in [0.2, 0.25) is 10.0 Å². The van der Waals surface area contributed by atoms with E-state index in [0.29, 0.717) is 17.7 Å². The first kappa shape index (κ1) is 33.5. The lowest BCUT2D eigenvalue weighted by Gasteiger charge is -2.31. The molecule has 2 atom stereocenters. The van der Waals surface area contributed by atoms with Crippen LogP contribution in [-0.2, 0) is 23.1 Å². The lowest BCUT2D eigenvalue weighted by Crippen LogP contribution is -2.39. The number of benzene rings is 5. The van der Waals surface area contributed by atoms with E-state index in [4.69, 9.17) is 4.74 Å². The molecule has 0 aliphatic rings. The minimum absolute atomic E-state index is 0.115. The smallest absolute Gasteiger partial charge is 0.232 e. The predicted molar refractivity (Wildman–Crippen MR) is 185 cm³/mol. The lowest BCUT2D eigenvalue weighted by atomic mass is 9.82. The van der Waals surface area contributed by atoms with Crippen molar-refractivity contribution in [3.05, 3.63) is 155 Å².